The number of carbonyl (C=O) groups excluding carboxylic acids is 2. The lowest BCUT2D eigenvalue weighted by atomic mass is 9.97. The van der Waals surface area contributed by atoms with Crippen molar-refractivity contribution in [2.24, 2.45) is 5.92 Å². The third kappa shape index (κ3) is 5.14. The lowest BCUT2D eigenvalue weighted by molar-refractivity contribution is -0.126. The zero-order valence-corrected chi connectivity index (χ0v) is 21.0. The molecule has 0 spiro atoms. The Hall–Kier alpha value is -2.42. The summed E-state index contributed by atoms with van der Waals surface area (Å²) in [6.45, 7) is 4.63. The lowest BCUT2D eigenvalue weighted by Gasteiger charge is -2.30. The van der Waals surface area contributed by atoms with E-state index >= 15 is 0 Å². The van der Waals surface area contributed by atoms with Gasteiger partial charge in [-0.25, -0.2) is 8.42 Å². The normalized spacial score (nSPS) is 19.1. The van der Waals surface area contributed by atoms with Gasteiger partial charge < -0.3 is 10.2 Å². The van der Waals surface area contributed by atoms with Gasteiger partial charge >= 0.3 is 0 Å². The minimum Gasteiger partial charge on any atom is -0.356 e. The van der Waals surface area contributed by atoms with Gasteiger partial charge in [-0.3, -0.25) is 9.59 Å². The van der Waals surface area contributed by atoms with Crippen molar-refractivity contribution in [3.63, 3.8) is 0 Å². The smallest absolute Gasteiger partial charge is 0.243 e. The molecule has 1 atom stereocenters. The largest absolute Gasteiger partial charge is 0.356 e. The molecular weight excluding hydrogens is 474 g/mol. The average Bonchev–Trinajstić information content (AvgIpc) is 3.15. The Labute approximate surface area is 206 Å². The number of hydrogen-bond acceptors (Lipinski definition) is 4. The highest BCUT2D eigenvalue weighted by Crippen LogP contribution is 2.35. The van der Waals surface area contributed by atoms with Gasteiger partial charge in [-0.1, -0.05) is 23.7 Å². The number of amides is 2. The number of nitrogens with one attached hydrogen (secondary N) is 1. The zero-order valence-electron chi connectivity index (χ0n) is 19.5. The van der Waals surface area contributed by atoms with Crippen molar-refractivity contribution in [1.29, 1.82) is 0 Å². The molecule has 7 nitrogen and oxygen atoms in total. The number of benzene rings is 2. The van der Waals surface area contributed by atoms with Gasteiger partial charge in [-0.05, 0) is 74.1 Å². The van der Waals surface area contributed by atoms with Crippen LogP contribution in [0.5, 0.6) is 0 Å². The van der Waals surface area contributed by atoms with Crippen LogP contribution in [-0.2, 0) is 32.5 Å². The highest BCUT2D eigenvalue weighted by Gasteiger charge is 2.34. The van der Waals surface area contributed by atoms with E-state index in [-0.39, 0.29) is 28.7 Å². The van der Waals surface area contributed by atoms with E-state index in [1.165, 1.54) is 11.2 Å². The third-order valence-electron chi connectivity index (χ3n) is 6.69. The van der Waals surface area contributed by atoms with Crippen molar-refractivity contribution in [3.8, 4) is 0 Å². The molecule has 2 heterocycles. The molecule has 1 fully saturated rings. The van der Waals surface area contributed by atoms with E-state index in [2.05, 4.69) is 5.32 Å². The van der Waals surface area contributed by atoms with Gasteiger partial charge in [0, 0.05) is 49.2 Å². The van der Waals surface area contributed by atoms with E-state index in [9.17, 15) is 18.0 Å². The number of fused-ring (bicyclic) bond motifs is 1. The summed E-state index contributed by atoms with van der Waals surface area (Å²) < 4.78 is 28.0. The number of sulfonamides is 1. The monoisotopic (exact) mass is 503 g/mol. The molecule has 2 aromatic rings. The number of hydrogen-bond donors (Lipinski definition) is 1. The van der Waals surface area contributed by atoms with Gasteiger partial charge in [-0.2, -0.15) is 4.31 Å². The number of rotatable bonds is 6. The maximum absolute atomic E-state index is 13.2. The van der Waals surface area contributed by atoms with E-state index in [4.69, 9.17) is 11.6 Å². The molecule has 2 aliphatic rings. The van der Waals surface area contributed by atoms with Crippen molar-refractivity contribution in [1.82, 2.24) is 9.62 Å². The Balaban J connectivity index is 1.33. The lowest BCUT2D eigenvalue weighted by Crippen LogP contribution is -2.43. The van der Waals surface area contributed by atoms with Crippen molar-refractivity contribution < 1.29 is 18.0 Å². The molecule has 1 N–H and O–H groups in total. The van der Waals surface area contributed by atoms with Crippen LogP contribution >= 0.6 is 11.6 Å². The van der Waals surface area contributed by atoms with Gasteiger partial charge in [0.25, 0.3) is 0 Å². The van der Waals surface area contributed by atoms with E-state index in [1.54, 1.807) is 23.1 Å². The van der Waals surface area contributed by atoms with Crippen LogP contribution in [-0.4, -0.2) is 50.2 Å². The number of carbonyl (C=O) groups is 2. The molecule has 0 bridgehead atoms. The summed E-state index contributed by atoms with van der Waals surface area (Å²) in [4.78, 5) is 26.5. The number of nitrogens with zero attached hydrogens (tertiary/aromatic N) is 2. The first kappa shape index (κ1) is 24.7. The van der Waals surface area contributed by atoms with Gasteiger partial charge in [0.1, 0.15) is 0 Å². The van der Waals surface area contributed by atoms with Gasteiger partial charge in [-0.15, -0.1) is 0 Å². The first-order chi connectivity index (χ1) is 16.2. The summed E-state index contributed by atoms with van der Waals surface area (Å²) in [5, 5.41) is 3.66. The molecule has 34 heavy (non-hydrogen) atoms. The number of piperidine rings is 1. The molecule has 2 aromatic carbocycles. The molecule has 182 valence electrons. The fraction of sp³-hybridized carbons (Fsp3) is 0.440. The standard InChI is InChI=1S/C25H30ClN3O4S/c1-17-15-21-16-23(7-8-24(21)29(17)18(2)30)34(32,33)28-13-10-20(11-14-28)25(31)27-12-9-19-3-5-22(26)6-4-19/h3-8,16-17,20H,9-15H2,1-2H3,(H,27,31)/t17-/m1/s1. The van der Waals surface area contributed by atoms with E-state index in [0.717, 1.165) is 16.8 Å². The SMILES string of the molecule is CC(=O)N1c2ccc(S(=O)(=O)N3CCC(C(=O)NCCc4ccc(Cl)cc4)CC3)cc2C[C@H]1C. The first-order valence-corrected chi connectivity index (χ1v) is 13.4. The molecule has 4 rings (SSSR count). The highest BCUT2D eigenvalue weighted by atomic mass is 35.5. The molecular formula is C25H30ClN3O4S. The maximum Gasteiger partial charge on any atom is 0.243 e. The van der Waals surface area contributed by atoms with Gasteiger partial charge in [0.05, 0.1) is 4.90 Å². The quantitative estimate of drug-likeness (QED) is 0.654. The fourth-order valence-corrected chi connectivity index (χ4v) is 6.53. The summed E-state index contributed by atoms with van der Waals surface area (Å²) in [6.07, 6.45) is 2.34. The minimum absolute atomic E-state index is 0.0133. The van der Waals surface area contributed by atoms with Crippen LogP contribution < -0.4 is 10.2 Å². The second-order valence-electron chi connectivity index (χ2n) is 9.08. The molecule has 1 saturated heterocycles. The minimum atomic E-state index is -3.66. The summed E-state index contributed by atoms with van der Waals surface area (Å²) in [5.74, 6) is -0.265. The Kier molecular flexibility index (Phi) is 7.31. The van der Waals surface area contributed by atoms with Crippen molar-refractivity contribution in [2.75, 3.05) is 24.5 Å². The predicted molar refractivity (Wildman–Crippen MR) is 132 cm³/mol. The molecule has 2 aliphatic heterocycles. The Morgan fingerprint density at radius 3 is 2.41 bits per heavy atom. The van der Waals surface area contributed by atoms with Crippen molar-refractivity contribution >= 4 is 39.1 Å². The van der Waals surface area contributed by atoms with Gasteiger partial charge in [0.2, 0.25) is 21.8 Å². The predicted octanol–water partition coefficient (Wildman–Crippen LogP) is 3.40. The molecule has 2 amide bonds. The second-order valence-corrected chi connectivity index (χ2v) is 11.5. The Bertz CT molecular complexity index is 1180. The zero-order chi connectivity index (χ0) is 24.5. The van der Waals surface area contributed by atoms with Crippen LogP contribution in [0.25, 0.3) is 0 Å². The second kappa shape index (κ2) is 10.1. The van der Waals surface area contributed by atoms with Gasteiger partial charge in [0.15, 0.2) is 0 Å². The first-order valence-electron chi connectivity index (χ1n) is 11.6. The summed E-state index contributed by atoms with van der Waals surface area (Å²) in [5.41, 5.74) is 2.76. The molecule has 9 heteroatoms. The van der Waals surface area contributed by atoms with Crippen molar-refractivity contribution in [3.05, 3.63) is 58.6 Å². The summed E-state index contributed by atoms with van der Waals surface area (Å²) in [6, 6.07) is 12.6. The van der Waals surface area contributed by atoms with E-state index in [1.807, 2.05) is 31.2 Å². The van der Waals surface area contributed by atoms with Crippen LogP contribution in [0.3, 0.4) is 0 Å². The number of anilines is 1. The number of halogens is 1. The Morgan fingerprint density at radius 1 is 1.09 bits per heavy atom. The molecule has 0 aliphatic carbocycles. The maximum atomic E-state index is 13.2. The van der Waals surface area contributed by atoms with Crippen LogP contribution in [0, 0.1) is 5.92 Å². The molecule has 0 radical (unpaired) electrons. The Morgan fingerprint density at radius 2 is 1.76 bits per heavy atom. The van der Waals surface area contributed by atoms with E-state index < -0.39 is 10.0 Å². The van der Waals surface area contributed by atoms with E-state index in [0.29, 0.717) is 50.3 Å². The van der Waals surface area contributed by atoms with Crippen LogP contribution in [0.15, 0.2) is 47.4 Å². The molecule has 0 unspecified atom stereocenters. The van der Waals surface area contributed by atoms with Crippen LogP contribution in [0.4, 0.5) is 5.69 Å². The summed E-state index contributed by atoms with van der Waals surface area (Å²) >= 11 is 5.90. The van der Waals surface area contributed by atoms with Crippen LogP contribution in [0.2, 0.25) is 5.02 Å². The topological polar surface area (TPSA) is 86.8 Å². The third-order valence-corrected chi connectivity index (χ3v) is 8.84. The van der Waals surface area contributed by atoms with Crippen molar-refractivity contribution in [2.45, 2.75) is 50.5 Å². The molecule has 0 saturated carbocycles. The fourth-order valence-electron chi connectivity index (χ4n) is 4.88. The summed E-state index contributed by atoms with van der Waals surface area (Å²) in [7, 11) is -3.66. The average molecular weight is 504 g/mol. The van der Waals surface area contributed by atoms with Crippen LogP contribution in [0.1, 0.15) is 37.8 Å². The molecule has 0 aromatic heterocycles. The highest BCUT2D eigenvalue weighted by molar-refractivity contribution is 7.89.